The number of aryl methyl sites for hydroxylation is 3. The highest BCUT2D eigenvalue weighted by Gasteiger charge is 2.10. The van der Waals surface area contributed by atoms with Gasteiger partial charge in [0.05, 0.1) is 13.1 Å². The number of hydrogen-bond donors (Lipinski definition) is 0. The zero-order chi connectivity index (χ0) is 13.5. The smallest absolute Gasteiger partial charge is 0.234 e. The lowest BCUT2D eigenvalue weighted by Crippen LogP contribution is -2.35. The van der Waals surface area contributed by atoms with Gasteiger partial charge in [-0.1, -0.05) is 43.7 Å². The lowest BCUT2D eigenvalue weighted by atomic mass is 10.1. The van der Waals surface area contributed by atoms with Gasteiger partial charge in [0.15, 0.2) is 0 Å². The summed E-state index contributed by atoms with van der Waals surface area (Å²) in [6.45, 7) is 6.72. The Morgan fingerprint density at radius 3 is 2.63 bits per heavy atom. The maximum Gasteiger partial charge on any atom is 0.253 e. The van der Waals surface area contributed by atoms with E-state index < -0.39 is 0 Å². The van der Waals surface area contributed by atoms with Crippen LogP contribution in [-0.4, -0.2) is 4.57 Å². The zero-order valence-corrected chi connectivity index (χ0v) is 12.2. The molecule has 1 aromatic heterocycles. The van der Waals surface area contributed by atoms with Gasteiger partial charge in [-0.2, -0.15) is 0 Å². The molecule has 2 heteroatoms. The highest BCUT2D eigenvalue weighted by molar-refractivity contribution is 5.14. The van der Waals surface area contributed by atoms with E-state index in [1.807, 2.05) is 0 Å². The summed E-state index contributed by atoms with van der Waals surface area (Å²) in [4.78, 5) is 0. The van der Waals surface area contributed by atoms with Gasteiger partial charge in [-0.05, 0) is 24.8 Å². The maximum atomic E-state index is 2.37. The van der Waals surface area contributed by atoms with Crippen LogP contribution in [0.1, 0.15) is 37.6 Å². The van der Waals surface area contributed by atoms with Crippen molar-refractivity contribution in [3.8, 4) is 0 Å². The Labute approximate surface area is 116 Å². The fourth-order valence-corrected chi connectivity index (χ4v) is 2.44. The van der Waals surface area contributed by atoms with E-state index in [-0.39, 0.29) is 0 Å². The third kappa shape index (κ3) is 3.95. The number of hydrogen-bond acceptors (Lipinski definition) is 0. The van der Waals surface area contributed by atoms with E-state index in [0.29, 0.717) is 0 Å². The molecule has 0 spiro atoms. The summed E-state index contributed by atoms with van der Waals surface area (Å²) in [5.74, 6) is 1.38. The van der Waals surface area contributed by atoms with Crippen LogP contribution < -0.4 is 4.57 Å². The molecule has 0 bridgehead atoms. The molecule has 1 aromatic carbocycles. The van der Waals surface area contributed by atoms with Crippen molar-refractivity contribution in [2.24, 2.45) is 0 Å². The summed E-state index contributed by atoms with van der Waals surface area (Å²) >= 11 is 0. The van der Waals surface area contributed by atoms with Gasteiger partial charge in [-0.3, -0.25) is 0 Å². The zero-order valence-electron chi connectivity index (χ0n) is 12.2. The molecule has 0 saturated heterocycles. The van der Waals surface area contributed by atoms with E-state index in [0.717, 1.165) is 19.5 Å². The third-order valence-electron chi connectivity index (χ3n) is 3.72. The molecule has 19 heavy (non-hydrogen) atoms. The summed E-state index contributed by atoms with van der Waals surface area (Å²) in [7, 11) is 0. The molecule has 0 unspecified atom stereocenters. The molecule has 0 amide bonds. The van der Waals surface area contributed by atoms with Crippen molar-refractivity contribution in [1.29, 1.82) is 0 Å². The molecular formula is C17H25N2+. The van der Waals surface area contributed by atoms with E-state index in [1.165, 1.54) is 30.7 Å². The molecule has 0 aliphatic heterocycles. The van der Waals surface area contributed by atoms with E-state index >= 15 is 0 Å². The van der Waals surface area contributed by atoms with Gasteiger partial charge in [0.25, 0.3) is 5.82 Å². The minimum Gasteiger partial charge on any atom is -0.234 e. The predicted octanol–water partition coefficient (Wildman–Crippen LogP) is 3.52. The van der Waals surface area contributed by atoms with Gasteiger partial charge in [0.2, 0.25) is 0 Å². The van der Waals surface area contributed by atoms with Crippen molar-refractivity contribution in [1.82, 2.24) is 4.57 Å². The molecule has 0 aliphatic rings. The summed E-state index contributed by atoms with van der Waals surface area (Å²) < 4.78 is 4.74. The SMILES string of the molecule is CCCCn1cc[n+](CCCc2ccccc2)c1C. The highest BCUT2D eigenvalue weighted by atomic mass is 15.1. The topological polar surface area (TPSA) is 8.81 Å². The monoisotopic (exact) mass is 257 g/mol. The van der Waals surface area contributed by atoms with Crippen LogP contribution in [0.15, 0.2) is 42.7 Å². The van der Waals surface area contributed by atoms with Crippen LogP contribution in [0.25, 0.3) is 0 Å². The first-order chi connectivity index (χ1) is 9.31. The van der Waals surface area contributed by atoms with Gasteiger partial charge in [0.1, 0.15) is 12.4 Å². The van der Waals surface area contributed by atoms with Crippen LogP contribution in [0.3, 0.4) is 0 Å². The summed E-state index contributed by atoms with van der Waals surface area (Å²) in [5, 5.41) is 0. The van der Waals surface area contributed by atoms with E-state index in [2.05, 4.69) is 65.7 Å². The molecule has 0 saturated carbocycles. The predicted molar refractivity (Wildman–Crippen MR) is 79.0 cm³/mol. The average molecular weight is 257 g/mol. The molecule has 2 nitrogen and oxygen atoms in total. The Hall–Kier alpha value is -1.57. The number of rotatable bonds is 7. The van der Waals surface area contributed by atoms with E-state index in [9.17, 15) is 0 Å². The quantitative estimate of drug-likeness (QED) is 0.671. The standard InChI is InChI=1S/C17H25N2/c1-3-4-12-18-14-15-19(16(18)2)13-8-11-17-9-6-5-7-10-17/h5-7,9-10,14-15H,3-4,8,11-13H2,1-2H3/q+1. The number of aromatic nitrogens is 2. The highest BCUT2D eigenvalue weighted by Crippen LogP contribution is 2.03. The van der Waals surface area contributed by atoms with Crippen molar-refractivity contribution in [2.45, 2.75) is 52.6 Å². The minimum absolute atomic E-state index is 1.11. The summed E-state index contributed by atoms with van der Waals surface area (Å²) in [6.07, 6.45) is 9.31. The van der Waals surface area contributed by atoms with Crippen LogP contribution in [0.5, 0.6) is 0 Å². The van der Waals surface area contributed by atoms with Crippen LogP contribution in [0, 0.1) is 6.92 Å². The minimum atomic E-state index is 1.11. The van der Waals surface area contributed by atoms with Crippen molar-refractivity contribution >= 4 is 0 Å². The Morgan fingerprint density at radius 1 is 1.11 bits per heavy atom. The molecule has 1 heterocycles. The number of unbranched alkanes of at least 4 members (excludes halogenated alkanes) is 1. The lowest BCUT2D eigenvalue weighted by molar-refractivity contribution is -0.702. The fraction of sp³-hybridized carbons (Fsp3) is 0.471. The molecule has 102 valence electrons. The normalized spacial score (nSPS) is 10.8. The first-order valence-corrected chi connectivity index (χ1v) is 7.40. The fourth-order valence-electron chi connectivity index (χ4n) is 2.44. The molecule has 0 atom stereocenters. The second kappa shape index (κ2) is 7.13. The van der Waals surface area contributed by atoms with Crippen LogP contribution in [0.4, 0.5) is 0 Å². The number of benzene rings is 1. The summed E-state index contributed by atoms with van der Waals surface area (Å²) in [5.41, 5.74) is 1.44. The summed E-state index contributed by atoms with van der Waals surface area (Å²) in [6, 6.07) is 10.7. The van der Waals surface area contributed by atoms with Crippen molar-refractivity contribution in [3.05, 3.63) is 54.1 Å². The molecule has 0 radical (unpaired) electrons. The molecule has 0 fully saturated rings. The van der Waals surface area contributed by atoms with Crippen molar-refractivity contribution < 1.29 is 4.57 Å². The van der Waals surface area contributed by atoms with Gasteiger partial charge in [-0.25, -0.2) is 9.13 Å². The van der Waals surface area contributed by atoms with Gasteiger partial charge in [-0.15, -0.1) is 0 Å². The number of nitrogens with zero attached hydrogens (tertiary/aromatic N) is 2. The van der Waals surface area contributed by atoms with Gasteiger partial charge in [0, 0.05) is 6.92 Å². The number of imidazole rings is 1. The van der Waals surface area contributed by atoms with Crippen LogP contribution >= 0.6 is 0 Å². The average Bonchev–Trinajstić information content (AvgIpc) is 2.79. The van der Waals surface area contributed by atoms with E-state index in [1.54, 1.807) is 0 Å². The van der Waals surface area contributed by atoms with Gasteiger partial charge >= 0.3 is 0 Å². The molecule has 0 aliphatic carbocycles. The van der Waals surface area contributed by atoms with Crippen LogP contribution in [0.2, 0.25) is 0 Å². The van der Waals surface area contributed by atoms with Crippen LogP contribution in [-0.2, 0) is 19.5 Å². The Bertz CT molecular complexity index is 485. The first-order valence-electron chi connectivity index (χ1n) is 7.40. The van der Waals surface area contributed by atoms with E-state index in [4.69, 9.17) is 0 Å². The van der Waals surface area contributed by atoms with Crippen molar-refractivity contribution in [3.63, 3.8) is 0 Å². The molecule has 2 rings (SSSR count). The maximum absolute atomic E-state index is 2.37. The largest absolute Gasteiger partial charge is 0.253 e. The third-order valence-corrected chi connectivity index (χ3v) is 3.72. The second-order valence-corrected chi connectivity index (χ2v) is 5.17. The molecular weight excluding hydrogens is 232 g/mol. The lowest BCUT2D eigenvalue weighted by Gasteiger charge is -2.02. The Balaban J connectivity index is 1.84. The first kappa shape index (κ1) is 13.9. The molecule has 2 aromatic rings. The molecule has 0 N–H and O–H groups in total. The Kier molecular flexibility index (Phi) is 5.20. The Morgan fingerprint density at radius 2 is 1.89 bits per heavy atom. The van der Waals surface area contributed by atoms with Gasteiger partial charge < -0.3 is 0 Å². The van der Waals surface area contributed by atoms with Crippen molar-refractivity contribution in [2.75, 3.05) is 0 Å². The second-order valence-electron chi connectivity index (χ2n) is 5.17.